The van der Waals surface area contributed by atoms with Gasteiger partial charge in [-0.2, -0.15) is 0 Å². The Morgan fingerprint density at radius 3 is 2.38 bits per heavy atom. The molecule has 29 heavy (non-hydrogen) atoms. The quantitative estimate of drug-likeness (QED) is 0.351. The Morgan fingerprint density at radius 2 is 1.66 bits per heavy atom. The molecule has 6 nitrogen and oxygen atoms in total. The van der Waals surface area contributed by atoms with Gasteiger partial charge < -0.3 is 19.8 Å². The molecule has 3 aromatic rings. The van der Waals surface area contributed by atoms with Crippen molar-refractivity contribution >= 4 is 23.5 Å². The van der Waals surface area contributed by atoms with Gasteiger partial charge in [0.05, 0.1) is 13.4 Å². The molecule has 6 heteroatoms. The molecule has 2 aromatic carbocycles. The third-order valence-electron chi connectivity index (χ3n) is 4.21. The largest absolute Gasteiger partial charge is 0.496 e. The van der Waals surface area contributed by atoms with Crippen LogP contribution in [-0.2, 0) is 4.79 Å². The van der Waals surface area contributed by atoms with Crippen LogP contribution in [0.1, 0.15) is 21.7 Å². The van der Waals surface area contributed by atoms with Crippen LogP contribution in [0.25, 0.3) is 11.6 Å². The number of methoxy groups -OCH3 is 1. The van der Waals surface area contributed by atoms with E-state index >= 15 is 0 Å². The zero-order valence-corrected chi connectivity index (χ0v) is 16.1. The van der Waals surface area contributed by atoms with Crippen molar-refractivity contribution in [2.75, 3.05) is 20.2 Å². The Balaban J connectivity index is 1.70. The van der Waals surface area contributed by atoms with Gasteiger partial charge in [-0.1, -0.05) is 48.5 Å². The summed E-state index contributed by atoms with van der Waals surface area (Å²) in [4.78, 5) is 24.7. The van der Waals surface area contributed by atoms with Crippen molar-refractivity contribution < 1.29 is 18.7 Å². The summed E-state index contributed by atoms with van der Waals surface area (Å²) >= 11 is 0. The molecule has 0 atom stereocenters. The van der Waals surface area contributed by atoms with Gasteiger partial charge in [0.1, 0.15) is 5.75 Å². The van der Waals surface area contributed by atoms with Gasteiger partial charge in [0.15, 0.2) is 5.76 Å². The average Bonchev–Trinajstić information content (AvgIpc) is 3.30. The molecule has 0 fully saturated rings. The van der Waals surface area contributed by atoms with Gasteiger partial charge in [-0.25, -0.2) is 0 Å². The molecule has 3 rings (SSSR count). The maximum absolute atomic E-state index is 12.9. The van der Waals surface area contributed by atoms with E-state index < -0.39 is 0 Å². The van der Waals surface area contributed by atoms with Crippen molar-refractivity contribution in [3.05, 3.63) is 89.9 Å². The third-order valence-corrected chi connectivity index (χ3v) is 4.21. The Bertz CT molecular complexity index is 979. The second-order valence-corrected chi connectivity index (χ2v) is 6.16. The molecular weight excluding hydrogens is 368 g/mol. The molecule has 0 saturated carbocycles. The molecule has 0 spiro atoms. The van der Waals surface area contributed by atoms with E-state index in [1.165, 1.54) is 6.26 Å². The van der Waals surface area contributed by atoms with E-state index in [1.54, 1.807) is 25.3 Å². The van der Waals surface area contributed by atoms with E-state index in [0.717, 1.165) is 11.1 Å². The van der Waals surface area contributed by atoms with E-state index in [9.17, 15) is 9.59 Å². The van der Waals surface area contributed by atoms with Gasteiger partial charge in [-0.15, -0.1) is 0 Å². The van der Waals surface area contributed by atoms with Crippen molar-refractivity contribution in [1.82, 2.24) is 10.6 Å². The number of benzene rings is 2. The molecule has 2 N–H and O–H groups in total. The van der Waals surface area contributed by atoms with Crippen LogP contribution in [0.4, 0.5) is 0 Å². The van der Waals surface area contributed by atoms with Crippen molar-refractivity contribution in [2.45, 2.75) is 0 Å². The number of hydrogen-bond donors (Lipinski definition) is 2. The highest BCUT2D eigenvalue weighted by Crippen LogP contribution is 2.24. The molecule has 148 valence electrons. The summed E-state index contributed by atoms with van der Waals surface area (Å²) in [5.41, 5.74) is 2.10. The lowest BCUT2D eigenvalue weighted by Crippen LogP contribution is -2.34. The zero-order chi connectivity index (χ0) is 20.5. The monoisotopic (exact) mass is 390 g/mol. The maximum Gasteiger partial charge on any atom is 0.287 e. The number of nitrogens with one attached hydrogen (secondary N) is 2. The number of hydrogen-bond acceptors (Lipinski definition) is 4. The minimum Gasteiger partial charge on any atom is -0.496 e. The smallest absolute Gasteiger partial charge is 0.287 e. The van der Waals surface area contributed by atoms with Gasteiger partial charge >= 0.3 is 0 Å². The van der Waals surface area contributed by atoms with E-state index in [2.05, 4.69) is 10.6 Å². The predicted octanol–water partition coefficient (Wildman–Crippen LogP) is 3.38. The van der Waals surface area contributed by atoms with E-state index in [1.807, 2.05) is 54.6 Å². The summed E-state index contributed by atoms with van der Waals surface area (Å²) in [6.07, 6.45) is 3.23. The number of rotatable bonds is 8. The summed E-state index contributed by atoms with van der Waals surface area (Å²) in [7, 11) is 1.59. The first kappa shape index (κ1) is 19.9. The summed E-state index contributed by atoms with van der Waals surface area (Å²) in [5.74, 6) is 0.350. The fraction of sp³-hybridized carbons (Fsp3) is 0.130. The zero-order valence-electron chi connectivity index (χ0n) is 16.1. The van der Waals surface area contributed by atoms with Crippen LogP contribution < -0.4 is 15.4 Å². The van der Waals surface area contributed by atoms with Crippen LogP contribution in [0.3, 0.4) is 0 Å². The van der Waals surface area contributed by atoms with E-state index in [0.29, 0.717) is 11.3 Å². The number of amides is 2. The molecule has 2 amide bonds. The molecular formula is C23H22N2O4. The topological polar surface area (TPSA) is 80.6 Å². The van der Waals surface area contributed by atoms with Crippen LogP contribution in [0.5, 0.6) is 5.75 Å². The summed E-state index contributed by atoms with van der Waals surface area (Å²) in [6, 6.07) is 20.1. The standard InChI is InChI=1S/C23H22N2O4/c1-28-20-11-6-5-10-18(20)16-19(17-8-3-2-4-9-17)22(26)24-13-14-25-23(27)21-12-7-15-29-21/h2-12,15-16H,13-14H2,1H3,(H,24,26)(H,25,27)/b19-16+. The highest BCUT2D eigenvalue weighted by atomic mass is 16.5. The van der Waals surface area contributed by atoms with Gasteiger partial charge in [0.25, 0.3) is 11.8 Å². The Hall–Kier alpha value is -3.80. The summed E-state index contributed by atoms with van der Waals surface area (Å²) < 4.78 is 10.4. The lowest BCUT2D eigenvalue weighted by molar-refractivity contribution is -0.115. The summed E-state index contributed by atoms with van der Waals surface area (Å²) in [5, 5.41) is 5.55. The van der Waals surface area contributed by atoms with Crippen molar-refractivity contribution in [3.8, 4) is 5.75 Å². The van der Waals surface area contributed by atoms with Crippen LogP contribution in [-0.4, -0.2) is 32.0 Å². The SMILES string of the molecule is COc1ccccc1/C=C(/C(=O)NCCNC(=O)c1ccco1)c1ccccc1. The molecule has 0 aliphatic heterocycles. The molecule has 1 heterocycles. The fourth-order valence-corrected chi connectivity index (χ4v) is 2.78. The van der Waals surface area contributed by atoms with Crippen LogP contribution >= 0.6 is 0 Å². The van der Waals surface area contributed by atoms with Gasteiger partial charge in [-0.3, -0.25) is 9.59 Å². The third kappa shape index (κ3) is 5.35. The molecule has 0 unspecified atom stereocenters. The molecule has 1 aromatic heterocycles. The fourth-order valence-electron chi connectivity index (χ4n) is 2.78. The number of carbonyl (C=O) groups is 2. The molecule has 0 aliphatic rings. The molecule has 0 aliphatic carbocycles. The van der Waals surface area contributed by atoms with Crippen LogP contribution in [0, 0.1) is 0 Å². The van der Waals surface area contributed by atoms with E-state index in [4.69, 9.17) is 9.15 Å². The Morgan fingerprint density at radius 1 is 0.931 bits per heavy atom. The Labute approximate surface area is 169 Å². The van der Waals surface area contributed by atoms with Crippen LogP contribution in [0.15, 0.2) is 77.4 Å². The Kier molecular flexibility index (Phi) is 6.84. The van der Waals surface area contributed by atoms with Gasteiger partial charge in [0, 0.05) is 24.2 Å². The van der Waals surface area contributed by atoms with Crippen molar-refractivity contribution in [1.29, 1.82) is 0 Å². The van der Waals surface area contributed by atoms with E-state index in [-0.39, 0.29) is 30.7 Å². The lowest BCUT2D eigenvalue weighted by Gasteiger charge is -2.11. The highest BCUT2D eigenvalue weighted by molar-refractivity contribution is 6.24. The van der Waals surface area contributed by atoms with Crippen molar-refractivity contribution in [2.24, 2.45) is 0 Å². The first-order valence-corrected chi connectivity index (χ1v) is 9.19. The summed E-state index contributed by atoms with van der Waals surface area (Å²) in [6.45, 7) is 0.559. The lowest BCUT2D eigenvalue weighted by atomic mass is 10.0. The molecule has 0 bridgehead atoms. The molecule has 0 radical (unpaired) electrons. The second kappa shape index (κ2) is 9.94. The number of carbonyl (C=O) groups excluding carboxylic acids is 2. The number of para-hydroxylation sites is 1. The minimum atomic E-state index is -0.322. The number of ether oxygens (including phenoxy) is 1. The normalized spacial score (nSPS) is 11.0. The predicted molar refractivity (Wildman–Crippen MR) is 111 cm³/mol. The first-order chi connectivity index (χ1) is 14.2. The minimum absolute atomic E-state index is 0.234. The maximum atomic E-state index is 12.9. The second-order valence-electron chi connectivity index (χ2n) is 6.16. The van der Waals surface area contributed by atoms with Crippen LogP contribution in [0.2, 0.25) is 0 Å². The first-order valence-electron chi connectivity index (χ1n) is 9.19. The van der Waals surface area contributed by atoms with Gasteiger partial charge in [-0.05, 0) is 29.8 Å². The average molecular weight is 390 g/mol. The van der Waals surface area contributed by atoms with Crippen molar-refractivity contribution in [3.63, 3.8) is 0 Å². The van der Waals surface area contributed by atoms with Gasteiger partial charge in [0.2, 0.25) is 0 Å². The highest BCUT2D eigenvalue weighted by Gasteiger charge is 2.13. The molecule has 0 saturated heterocycles. The number of furan rings is 1.